The number of nitrogens with one attached hydrogen (secondary N) is 1. The summed E-state index contributed by atoms with van der Waals surface area (Å²) in [5.74, 6) is 0. The molecule has 1 radical (unpaired) electrons. The van der Waals surface area contributed by atoms with Gasteiger partial charge in [0.15, 0.2) is 0 Å². The quantitative estimate of drug-likeness (QED) is 0.353. The molecule has 2 nitrogen and oxygen atoms in total. The smallest absolute Gasteiger partial charge is 0.0326 e. The van der Waals surface area contributed by atoms with Crippen LogP contribution in [0.3, 0.4) is 0 Å². The van der Waals surface area contributed by atoms with Crippen molar-refractivity contribution in [1.82, 2.24) is 5.65 Å². The first-order chi connectivity index (χ1) is 4.93. The minimum absolute atomic E-state index is 0. The summed E-state index contributed by atoms with van der Waals surface area (Å²) < 4.78 is 11.2. The molecule has 0 aliphatic rings. The molecule has 1 aromatic carbocycles. The molecule has 1 N–H and O–H groups in total. The van der Waals surface area contributed by atoms with Crippen molar-refractivity contribution >= 4 is 6.21 Å². The third-order valence-corrected chi connectivity index (χ3v) is 1.01. The minimum atomic E-state index is 0. The van der Waals surface area contributed by atoms with Crippen molar-refractivity contribution in [3.8, 4) is 0 Å². The van der Waals surface area contributed by atoms with Gasteiger partial charge >= 0.3 is 0 Å². The maximum Gasteiger partial charge on any atom is 0.0326 e. The van der Waals surface area contributed by atoms with E-state index in [0.717, 1.165) is 5.56 Å². The van der Waals surface area contributed by atoms with Crippen LogP contribution in [0.4, 0.5) is 4.48 Å². The molecule has 1 aromatic rings. The maximum absolute atomic E-state index is 11.2. The summed E-state index contributed by atoms with van der Waals surface area (Å²) in [6, 6.07) is 9.86. The SMILES string of the molecule is FN/N=C/c1cc[c-]cc1.[HH].[Y]. The summed E-state index contributed by atoms with van der Waals surface area (Å²) in [7, 11) is 0. The Morgan fingerprint density at radius 1 is 1.55 bits per heavy atom. The number of rotatable bonds is 2. The van der Waals surface area contributed by atoms with Crippen LogP contribution >= 0.6 is 0 Å². The summed E-state index contributed by atoms with van der Waals surface area (Å²) in [5.41, 5.74) is 2.01. The van der Waals surface area contributed by atoms with Gasteiger partial charge in [-0.2, -0.15) is 35.4 Å². The molecular formula is C7H8FN2Y-. The Balaban J connectivity index is 0. The van der Waals surface area contributed by atoms with E-state index in [1.807, 2.05) is 0 Å². The zero-order valence-corrected chi connectivity index (χ0v) is 8.63. The summed E-state index contributed by atoms with van der Waals surface area (Å²) >= 11 is 0. The molecule has 0 fully saturated rings. The maximum atomic E-state index is 11.2. The monoisotopic (exact) mass is 228 g/mol. The van der Waals surface area contributed by atoms with Gasteiger partial charge in [0.25, 0.3) is 0 Å². The Kier molecular flexibility index (Phi) is 6.27. The van der Waals surface area contributed by atoms with Gasteiger partial charge in [-0.25, -0.2) is 0 Å². The Morgan fingerprint density at radius 2 is 2.18 bits per heavy atom. The van der Waals surface area contributed by atoms with Crippen molar-refractivity contribution in [3.63, 3.8) is 0 Å². The molecule has 0 atom stereocenters. The predicted octanol–water partition coefficient (Wildman–Crippen LogP) is 1.54. The Morgan fingerprint density at radius 3 is 2.73 bits per heavy atom. The van der Waals surface area contributed by atoms with Gasteiger partial charge in [0.1, 0.15) is 0 Å². The van der Waals surface area contributed by atoms with E-state index in [4.69, 9.17) is 0 Å². The number of nitrogens with zero attached hydrogens (tertiary/aromatic N) is 1. The number of hydrogen-bond acceptors (Lipinski definition) is 2. The van der Waals surface area contributed by atoms with Crippen molar-refractivity contribution in [3.05, 3.63) is 35.9 Å². The fraction of sp³-hybridized carbons (Fsp3) is 0. The van der Waals surface area contributed by atoms with E-state index in [1.165, 1.54) is 11.9 Å². The molecule has 11 heavy (non-hydrogen) atoms. The summed E-state index contributed by atoms with van der Waals surface area (Å²) in [4.78, 5) is 0. The largest absolute Gasteiger partial charge is 0.184 e. The average molecular weight is 228 g/mol. The zero-order chi connectivity index (χ0) is 7.23. The van der Waals surface area contributed by atoms with Crippen LogP contribution in [0.15, 0.2) is 29.4 Å². The molecule has 0 unspecified atom stereocenters. The van der Waals surface area contributed by atoms with Gasteiger partial charge in [0.2, 0.25) is 0 Å². The van der Waals surface area contributed by atoms with Crippen LogP contribution in [0.2, 0.25) is 0 Å². The molecule has 0 saturated carbocycles. The van der Waals surface area contributed by atoms with E-state index in [0.29, 0.717) is 0 Å². The van der Waals surface area contributed by atoms with E-state index in [-0.39, 0.29) is 34.1 Å². The first kappa shape index (κ1) is 10.7. The Hall–Kier alpha value is -0.276. The number of hydrogen-bond donors (Lipinski definition) is 1. The third-order valence-electron chi connectivity index (χ3n) is 1.01. The van der Waals surface area contributed by atoms with Crippen LogP contribution < -0.4 is 5.65 Å². The number of hydrazone groups is 1. The molecule has 0 spiro atoms. The van der Waals surface area contributed by atoms with E-state index in [9.17, 15) is 4.48 Å². The second-order valence-corrected chi connectivity index (χ2v) is 1.68. The molecule has 4 heteroatoms. The van der Waals surface area contributed by atoms with Crippen molar-refractivity contribution < 1.29 is 38.6 Å². The van der Waals surface area contributed by atoms with E-state index in [2.05, 4.69) is 11.2 Å². The molecule has 0 amide bonds. The standard InChI is InChI=1S/C7H6FN2.Y.H2/c8-10-9-6-7-4-2-1-3-5-7;;/h2-6,10H;;1H/q-1;;/b9-6+;;. The molecule has 57 valence electrons. The average Bonchev–Trinajstić information content (AvgIpc) is 2.03. The van der Waals surface area contributed by atoms with Gasteiger partial charge in [-0.05, 0) is 0 Å². The van der Waals surface area contributed by atoms with Crippen LogP contribution in [0.25, 0.3) is 0 Å². The second-order valence-electron chi connectivity index (χ2n) is 1.68. The summed E-state index contributed by atoms with van der Waals surface area (Å²) in [6.07, 6.45) is 1.38. The fourth-order valence-electron chi connectivity index (χ4n) is 0.585. The zero-order valence-electron chi connectivity index (χ0n) is 5.79. The fourth-order valence-corrected chi connectivity index (χ4v) is 0.585. The van der Waals surface area contributed by atoms with Crippen LogP contribution in [0, 0.1) is 6.07 Å². The summed E-state index contributed by atoms with van der Waals surface area (Å²) in [6.45, 7) is 0. The van der Waals surface area contributed by atoms with Crippen LogP contribution in [0.1, 0.15) is 6.99 Å². The molecule has 0 bridgehead atoms. The molecule has 0 aromatic heterocycles. The van der Waals surface area contributed by atoms with Crippen molar-refractivity contribution in [2.75, 3.05) is 0 Å². The predicted molar refractivity (Wildman–Crippen MR) is 39.2 cm³/mol. The second kappa shape index (κ2) is 6.44. The van der Waals surface area contributed by atoms with E-state index >= 15 is 0 Å². The molecule has 0 heterocycles. The topological polar surface area (TPSA) is 24.4 Å². The molecule has 0 saturated heterocycles. The van der Waals surface area contributed by atoms with E-state index in [1.54, 1.807) is 24.3 Å². The minimum Gasteiger partial charge on any atom is -0.184 e. The first-order valence-electron chi connectivity index (χ1n) is 2.78. The van der Waals surface area contributed by atoms with Crippen molar-refractivity contribution in [2.24, 2.45) is 5.10 Å². The normalized spacial score (nSPS) is 9.18. The van der Waals surface area contributed by atoms with Gasteiger partial charge in [0.05, 0.1) is 0 Å². The van der Waals surface area contributed by atoms with Crippen LogP contribution in [-0.4, -0.2) is 6.21 Å². The van der Waals surface area contributed by atoms with Crippen LogP contribution in [0.5, 0.6) is 0 Å². The van der Waals surface area contributed by atoms with Gasteiger partial charge in [-0.3, -0.25) is 0 Å². The third kappa shape index (κ3) is 4.22. The van der Waals surface area contributed by atoms with Crippen molar-refractivity contribution in [1.29, 1.82) is 0 Å². The molecule has 0 aliphatic heterocycles. The van der Waals surface area contributed by atoms with Gasteiger partial charge in [-0.1, -0.05) is 4.48 Å². The Labute approximate surface area is 91.2 Å². The summed E-state index contributed by atoms with van der Waals surface area (Å²) in [5, 5.41) is 3.19. The molecular weight excluding hydrogens is 220 g/mol. The van der Waals surface area contributed by atoms with Crippen molar-refractivity contribution in [2.45, 2.75) is 0 Å². The number of halogens is 1. The Bertz CT molecular complexity index is 218. The van der Waals surface area contributed by atoms with Crippen LogP contribution in [-0.2, 0) is 32.7 Å². The van der Waals surface area contributed by atoms with Gasteiger partial charge in [-0.15, -0.1) is 11.2 Å². The first-order valence-corrected chi connectivity index (χ1v) is 2.78. The van der Waals surface area contributed by atoms with Gasteiger partial charge in [0, 0.05) is 40.4 Å². The van der Waals surface area contributed by atoms with E-state index < -0.39 is 0 Å². The number of benzene rings is 1. The molecule has 1 rings (SSSR count). The molecule has 0 aliphatic carbocycles. The van der Waals surface area contributed by atoms with Gasteiger partial charge < -0.3 is 0 Å².